The molecule has 1 saturated carbocycles. The molecule has 1 heterocycles. The Morgan fingerprint density at radius 3 is 2.88 bits per heavy atom. The molecule has 1 unspecified atom stereocenters. The Hall–Kier alpha value is -1.06. The van der Waals surface area contributed by atoms with E-state index in [2.05, 4.69) is 6.07 Å². The van der Waals surface area contributed by atoms with Crippen LogP contribution in [0.25, 0.3) is 0 Å². The Bertz CT molecular complexity index is 412. The summed E-state index contributed by atoms with van der Waals surface area (Å²) in [5.41, 5.74) is 6.48. The van der Waals surface area contributed by atoms with Gasteiger partial charge in [0.15, 0.2) is 0 Å². The average Bonchev–Trinajstić information content (AvgIpc) is 2.28. The zero-order valence-electron chi connectivity index (χ0n) is 9.93. The summed E-state index contributed by atoms with van der Waals surface area (Å²) in [6, 6.07) is 8.35. The van der Waals surface area contributed by atoms with Gasteiger partial charge in [0.2, 0.25) is 0 Å². The fourth-order valence-corrected chi connectivity index (χ4v) is 3.17. The number of benzene rings is 1. The van der Waals surface area contributed by atoms with Crippen molar-refractivity contribution in [3.05, 3.63) is 29.8 Å². The van der Waals surface area contributed by atoms with E-state index in [0.29, 0.717) is 5.92 Å². The van der Waals surface area contributed by atoms with Crippen LogP contribution in [0.5, 0.6) is 5.75 Å². The van der Waals surface area contributed by atoms with Crippen LogP contribution in [0.3, 0.4) is 0 Å². The highest BCUT2D eigenvalue weighted by Gasteiger charge is 2.43. The van der Waals surface area contributed by atoms with E-state index in [-0.39, 0.29) is 6.04 Å². The largest absolute Gasteiger partial charge is 0.493 e. The van der Waals surface area contributed by atoms with Gasteiger partial charge in [-0.1, -0.05) is 18.2 Å². The molecular weight excluding hydrogens is 214 g/mol. The smallest absolute Gasteiger partial charge is 0.122 e. The number of hydrogen-bond donors (Lipinski definition) is 2. The Kier molecular flexibility index (Phi) is 2.60. The summed E-state index contributed by atoms with van der Waals surface area (Å²) >= 11 is 0. The Morgan fingerprint density at radius 1 is 1.35 bits per heavy atom. The van der Waals surface area contributed by atoms with Gasteiger partial charge in [-0.25, -0.2) is 0 Å². The van der Waals surface area contributed by atoms with Gasteiger partial charge in [-0.3, -0.25) is 0 Å². The van der Waals surface area contributed by atoms with Crippen molar-refractivity contribution in [1.29, 1.82) is 0 Å². The van der Waals surface area contributed by atoms with Crippen molar-refractivity contribution >= 4 is 0 Å². The number of hydrogen-bond acceptors (Lipinski definition) is 3. The van der Waals surface area contributed by atoms with E-state index in [4.69, 9.17) is 10.5 Å². The molecule has 1 aromatic carbocycles. The van der Waals surface area contributed by atoms with Crippen LogP contribution < -0.4 is 10.5 Å². The number of nitrogens with two attached hydrogens (primary N) is 1. The highest BCUT2D eigenvalue weighted by molar-refractivity contribution is 5.38. The lowest BCUT2D eigenvalue weighted by molar-refractivity contribution is -0.0601. The molecule has 1 aromatic rings. The fraction of sp³-hybridized carbons (Fsp3) is 0.571. The molecule has 92 valence electrons. The number of fused-ring (bicyclic) bond motifs is 1. The summed E-state index contributed by atoms with van der Waals surface area (Å²) in [6.07, 6.45) is 3.30. The van der Waals surface area contributed by atoms with Gasteiger partial charge in [0.05, 0.1) is 12.2 Å². The molecule has 1 aliphatic carbocycles. The molecule has 0 radical (unpaired) electrons. The first-order chi connectivity index (χ1) is 8.16. The van der Waals surface area contributed by atoms with Gasteiger partial charge >= 0.3 is 0 Å². The van der Waals surface area contributed by atoms with Gasteiger partial charge in [-0.05, 0) is 43.2 Å². The van der Waals surface area contributed by atoms with Crippen LogP contribution in [0.4, 0.5) is 0 Å². The minimum absolute atomic E-state index is 0.190. The number of para-hydroxylation sites is 1. The first-order valence-electron chi connectivity index (χ1n) is 6.36. The van der Waals surface area contributed by atoms with E-state index in [1.165, 1.54) is 5.56 Å². The van der Waals surface area contributed by atoms with Crippen molar-refractivity contribution in [2.24, 2.45) is 5.73 Å². The van der Waals surface area contributed by atoms with E-state index < -0.39 is 5.60 Å². The van der Waals surface area contributed by atoms with E-state index >= 15 is 0 Å². The van der Waals surface area contributed by atoms with Crippen LogP contribution in [0.15, 0.2) is 24.3 Å². The van der Waals surface area contributed by atoms with Gasteiger partial charge in [0, 0.05) is 6.04 Å². The maximum atomic E-state index is 10.3. The second-order valence-corrected chi connectivity index (χ2v) is 5.47. The molecule has 0 aromatic heterocycles. The lowest BCUT2D eigenvalue weighted by Crippen LogP contribution is -2.52. The predicted molar refractivity (Wildman–Crippen MR) is 66.1 cm³/mol. The molecule has 1 atom stereocenters. The second-order valence-electron chi connectivity index (χ2n) is 5.47. The highest BCUT2D eigenvalue weighted by atomic mass is 16.5. The van der Waals surface area contributed by atoms with Crippen LogP contribution in [-0.2, 0) is 0 Å². The van der Waals surface area contributed by atoms with Crippen molar-refractivity contribution in [3.63, 3.8) is 0 Å². The third-order valence-corrected chi connectivity index (χ3v) is 3.99. The van der Waals surface area contributed by atoms with E-state index in [0.717, 1.165) is 38.0 Å². The molecule has 1 aliphatic heterocycles. The van der Waals surface area contributed by atoms with Crippen LogP contribution in [-0.4, -0.2) is 23.4 Å². The zero-order valence-corrected chi connectivity index (χ0v) is 9.93. The summed E-state index contributed by atoms with van der Waals surface area (Å²) in [4.78, 5) is 0. The van der Waals surface area contributed by atoms with Crippen molar-refractivity contribution in [1.82, 2.24) is 0 Å². The zero-order chi connectivity index (χ0) is 11.9. The van der Waals surface area contributed by atoms with Crippen LogP contribution in [0.1, 0.15) is 37.2 Å². The molecule has 17 heavy (non-hydrogen) atoms. The number of rotatable bonds is 2. The Labute approximate surface area is 102 Å². The predicted octanol–water partition coefficient (Wildman–Crippen LogP) is 1.79. The third kappa shape index (κ3) is 2.05. The lowest BCUT2D eigenvalue weighted by Gasteiger charge is -2.44. The first kappa shape index (κ1) is 11.1. The summed E-state index contributed by atoms with van der Waals surface area (Å²) in [6.45, 7) is 0.754. The van der Waals surface area contributed by atoms with Gasteiger partial charge in [0.1, 0.15) is 5.75 Å². The normalized spacial score (nSPS) is 35.6. The third-order valence-electron chi connectivity index (χ3n) is 3.99. The Balaban J connectivity index is 1.77. The molecule has 0 saturated heterocycles. The molecule has 0 spiro atoms. The minimum Gasteiger partial charge on any atom is -0.493 e. The molecular formula is C14H19NO2. The standard InChI is InChI=1S/C14H19NO2/c15-11-8-14(16,9-11)7-10-5-6-17-13-4-2-1-3-12(10)13/h1-4,10-11,16H,5-9,15H2. The van der Waals surface area contributed by atoms with E-state index in [9.17, 15) is 5.11 Å². The van der Waals surface area contributed by atoms with Gasteiger partial charge in [-0.15, -0.1) is 0 Å². The molecule has 0 amide bonds. The van der Waals surface area contributed by atoms with Crippen molar-refractivity contribution in [2.75, 3.05) is 6.61 Å². The molecule has 3 N–H and O–H groups in total. The first-order valence-corrected chi connectivity index (χ1v) is 6.36. The highest BCUT2D eigenvalue weighted by Crippen LogP contribution is 2.44. The number of aliphatic hydroxyl groups is 1. The molecule has 3 rings (SSSR count). The summed E-state index contributed by atoms with van der Waals surface area (Å²) in [5, 5.41) is 10.3. The maximum absolute atomic E-state index is 10.3. The molecule has 3 heteroatoms. The van der Waals surface area contributed by atoms with Gasteiger partial charge < -0.3 is 15.6 Å². The van der Waals surface area contributed by atoms with Crippen LogP contribution in [0, 0.1) is 0 Å². The summed E-state index contributed by atoms with van der Waals surface area (Å²) < 4.78 is 5.63. The van der Waals surface area contributed by atoms with Crippen LogP contribution in [0.2, 0.25) is 0 Å². The fourth-order valence-electron chi connectivity index (χ4n) is 3.17. The quantitative estimate of drug-likeness (QED) is 0.819. The van der Waals surface area contributed by atoms with E-state index in [1.807, 2.05) is 18.2 Å². The molecule has 3 nitrogen and oxygen atoms in total. The van der Waals surface area contributed by atoms with Crippen molar-refractivity contribution in [3.8, 4) is 5.75 Å². The van der Waals surface area contributed by atoms with Crippen LogP contribution >= 0.6 is 0 Å². The van der Waals surface area contributed by atoms with Gasteiger partial charge in [-0.2, -0.15) is 0 Å². The average molecular weight is 233 g/mol. The van der Waals surface area contributed by atoms with Gasteiger partial charge in [0.25, 0.3) is 0 Å². The lowest BCUT2D eigenvalue weighted by atomic mass is 9.69. The van der Waals surface area contributed by atoms with Crippen molar-refractivity contribution in [2.45, 2.75) is 43.2 Å². The molecule has 1 fully saturated rings. The van der Waals surface area contributed by atoms with E-state index in [1.54, 1.807) is 0 Å². The topological polar surface area (TPSA) is 55.5 Å². The monoisotopic (exact) mass is 233 g/mol. The Morgan fingerprint density at radius 2 is 2.12 bits per heavy atom. The second kappa shape index (κ2) is 4.00. The molecule has 2 aliphatic rings. The number of ether oxygens (including phenoxy) is 1. The summed E-state index contributed by atoms with van der Waals surface area (Å²) in [7, 11) is 0. The summed E-state index contributed by atoms with van der Waals surface area (Å²) in [5.74, 6) is 1.40. The SMILES string of the molecule is NC1CC(O)(CC2CCOc3ccccc32)C1. The minimum atomic E-state index is -0.533. The maximum Gasteiger partial charge on any atom is 0.122 e. The molecule has 0 bridgehead atoms. The van der Waals surface area contributed by atoms with Crippen molar-refractivity contribution < 1.29 is 9.84 Å².